The van der Waals surface area contributed by atoms with Crippen LogP contribution < -0.4 is 9.47 Å². The lowest BCUT2D eigenvalue weighted by atomic mass is 9.93. The molecule has 0 aromatic heterocycles. The Morgan fingerprint density at radius 2 is 1.79 bits per heavy atom. The predicted molar refractivity (Wildman–Crippen MR) is 126 cm³/mol. The first-order valence-corrected chi connectivity index (χ1v) is 11.0. The smallest absolute Gasteiger partial charge is 0.295 e. The molecule has 0 aliphatic carbocycles. The van der Waals surface area contributed by atoms with Crippen molar-refractivity contribution in [2.24, 2.45) is 0 Å². The maximum absolute atomic E-state index is 13.1. The minimum atomic E-state index is -0.736. The molecule has 1 atom stereocenters. The number of Topliss-reactive ketones (excluding diaryl/α,β-unsaturated/α-hetero) is 1. The zero-order chi connectivity index (χ0) is 24.1. The predicted octanol–water partition coefficient (Wildman–Crippen LogP) is 4.29. The molecule has 33 heavy (non-hydrogen) atoms. The summed E-state index contributed by atoms with van der Waals surface area (Å²) in [6.45, 7) is 6.97. The zero-order valence-corrected chi connectivity index (χ0v) is 19.8. The third kappa shape index (κ3) is 4.88. The highest BCUT2D eigenvalue weighted by Crippen LogP contribution is 2.40. The number of rotatable bonds is 9. The average Bonchev–Trinajstić information content (AvgIpc) is 3.07. The lowest BCUT2D eigenvalue weighted by Gasteiger charge is -2.25. The first-order chi connectivity index (χ1) is 15.8. The van der Waals surface area contributed by atoms with Crippen LogP contribution in [0.15, 0.2) is 48.0 Å². The molecular weight excluding hydrogens is 422 g/mol. The van der Waals surface area contributed by atoms with Crippen LogP contribution in [0.3, 0.4) is 0 Å². The van der Waals surface area contributed by atoms with Gasteiger partial charge >= 0.3 is 0 Å². The third-order valence-electron chi connectivity index (χ3n) is 5.71. The highest BCUT2D eigenvalue weighted by molar-refractivity contribution is 6.46. The molecule has 0 saturated carbocycles. The number of likely N-dealkylation sites (tertiary alicyclic amines) is 1. The Morgan fingerprint density at radius 3 is 2.36 bits per heavy atom. The molecule has 1 heterocycles. The van der Waals surface area contributed by atoms with Gasteiger partial charge in [0.2, 0.25) is 0 Å². The number of hydrogen-bond donors (Lipinski definition) is 1. The number of benzene rings is 2. The number of methoxy groups -OCH3 is 2. The molecule has 3 rings (SSSR count). The van der Waals surface area contributed by atoms with E-state index in [0.717, 1.165) is 11.3 Å². The second-order valence-electron chi connectivity index (χ2n) is 8.10. The molecule has 0 bridgehead atoms. The van der Waals surface area contributed by atoms with Gasteiger partial charge in [-0.1, -0.05) is 26.0 Å². The van der Waals surface area contributed by atoms with E-state index in [1.165, 1.54) is 12.0 Å². The fourth-order valence-corrected chi connectivity index (χ4v) is 4.02. The highest BCUT2D eigenvalue weighted by atomic mass is 16.5. The Labute approximate surface area is 194 Å². The first-order valence-electron chi connectivity index (χ1n) is 11.0. The maximum atomic E-state index is 13.1. The van der Waals surface area contributed by atoms with Crippen LogP contribution in [-0.2, 0) is 14.3 Å². The Hall–Kier alpha value is -3.32. The second kappa shape index (κ2) is 10.5. The number of ether oxygens (including phenoxy) is 3. The van der Waals surface area contributed by atoms with E-state index in [-0.39, 0.29) is 30.4 Å². The van der Waals surface area contributed by atoms with E-state index in [1.54, 1.807) is 43.5 Å². The summed E-state index contributed by atoms with van der Waals surface area (Å²) in [7, 11) is 3.10. The van der Waals surface area contributed by atoms with Crippen LogP contribution in [0.2, 0.25) is 0 Å². The summed E-state index contributed by atoms with van der Waals surface area (Å²) < 4.78 is 16.1. The molecule has 1 aliphatic heterocycles. The van der Waals surface area contributed by atoms with Gasteiger partial charge in [-0.2, -0.15) is 0 Å². The first kappa shape index (κ1) is 24.3. The van der Waals surface area contributed by atoms with Crippen LogP contribution in [0.1, 0.15) is 49.4 Å². The van der Waals surface area contributed by atoms with Crippen molar-refractivity contribution < 1.29 is 28.9 Å². The monoisotopic (exact) mass is 453 g/mol. The van der Waals surface area contributed by atoms with E-state index in [9.17, 15) is 14.7 Å². The Balaban J connectivity index is 2.16. The Kier molecular flexibility index (Phi) is 7.76. The quantitative estimate of drug-likeness (QED) is 0.346. The summed E-state index contributed by atoms with van der Waals surface area (Å²) in [5, 5.41) is 11.3. The number of ketones is 1. The van der Waals surface area contributed by atoms with Crippen LogP contribution in [0.4, 0.5) is 0 Å². The van der Waals surface area contributed by atoms with E-state index in [2.05, 4.69) is 0 Å². The number of aliphatic hydroxyl groups is 1. The van der Waals surface area contributed by atoms with Crippen molar-refractivity contribution in [3.05, 3.63) is 64.7 Å². The molecule has 0 radical (unpaired) electrons. The summed E-state index contributed by atoms with van der Waals surface area (Å²) in [6, 6.07) is 11.7. The number of nitrogens with zero attached hydrogens (tertiary/aromatic N) is 1. The van der Waals surface area contributed by atoms with Gasteiger partial charge in [0.15, 0.2) is 0 Å². The lowest BCUT2D eigenvalue weighted by molar-refractivity contribution is -0.140. The van der Waals surface area contributed by atoms with Gasteiger partial charge in [-0.05, 0) is 54.3 Å². The van der Waals surface area contributed by atoms with Crippen LogP contribution in [-0.4, -0.2) is 55.7 Å². The van der Waals surface area contributed by atoms with Gasteiger partial charge in [0.25, 0.3) is 11.7 Å². The highest BCUT2D eigenvalue weighted by Gasteiger charge is 2.45. The van der Waals surface area contributed by atoms with Gasteiger partial charge in [-0.25, -0.2) is 0 Å². The molecule has 2 aromatic carbocycles. The molecule has 7 heteroatoms. The van der Waals surface area contributed by atoms with Gasteiger partial charge in [0.05, 0.1) is 31.9 Å². The van der Waals surface area contributed by atoms with Crippen molar-refractivity contribution in [1.82, 2.24) is 4.90 Å². The van der Waals surface area contributed by atoms with Crippen molar-refractivity contribution in [2.45, 2.75) is 32.7 Å². The van der Waals surface area contributed by atoms with Gasteiger partial charge in [0, 0.05) is 19.2 Å². The number of amides is 1. The number of carbonyl (C=O) groups is 2. The molecule has 176 valence electrons. The molecule has 2 aromatic rings. The van der Waals surface area contributed by atoms with Crippen LogP contribution in [0.5, 0.6) is 11.5 Å². The molecule has 1 saturated heterocycles. The Morgan fingerprint density at radius 1 is 1.09 bits per heavy atom. The van der Waals surface area contributed by atoms with E-state index in [1.807, 2.05) is 26.8 Å². The topological polar surface area (TPSA) is 85.3 Å². The summed E-state index contributed by atoms with van der Waals surface area (Å²) in [5.41, 5.74) is 2.13. The molecule has 1 amide bonds. The fraction of sp³-hybridized carbons (Fsp3) is 0.385. The van der Waals surface area contributed by atoms with E-state index in [0.29, 0.717) is 23.5 Å². The summed E-state index contributed by atoms with van der Waals surface area (Å²) >= 11 is 0. The number of carbonyl (C=O) groups excluding carboxylic acids is 2. The third-order valence-corrected chi connectivity index (χ3v) is 5.71. The van der Waals surface area contributed by atoms with Gasteiger partial charge in [-0.3, -0.25) is 9.59 Å². The van der Waals surface area contributed by atoms with Crippen LogP contribution >= 0.6 is 0 Å². The summed E-state index contributed by atoms with van der Waals surface area (Å²) in [5.74, 6) is -0.0642. The second-order valence-corrected chi connectivity index (χ2v) is 8.10. The normalized spacial score (nSPS) is 17.6. The SMILES string of the molecule is CCOc1ccc(/C(O)=C2/C(=O)C(=O)N(CCOC)C2c2ccc(OC)cc2)cc1C(C)C. The molecule has 7 nitrogen and oxygen atoms in total. The van der Waals surface area contributed by atoms with Crippen molar-refractivity contribution >= 4 is 17.4 Å². The van der Waals surface area contributed by atoms with Crippen molar-refractivity contribution in [3.8, 4) is 11.5 Å². The van der Waals surface area contributed by atoms with Crippen LogP contribution in [0.25, 0.3) is 5.76 Å². The molecule has 1 aliphatic rings. The van der Waals surface area contributed by atoms with Crippen molar-refractivity contribution in [3.63, 3.8) is 0 Å². The average molecular weight is 454 g/mol. The molecule has 1 N–H and O–H groups in total. The zero-order valence-electron chi connectivity index (χ0n) is 19.8. The molecule has 1 fully saturated rings. The van der Waals surface area contributed by atoms with Gasteiger partial charge in [-0.15, -0.1) is 0 Å². The summed E-state index contributed by atoms with van der Waals surface area (Å²) in [4.78, 5) is 27.4. The molecule has 1 unspecified atom stereocenters. The lowest BCUT2D eigenvalue weighted by Crippen LogP contribution is -2.32. The Bertz CT molecular complexity index is 1040. The minimum absolute atomic E-state index is 0.0557. The van der Waals surface area contributed by atoms with Gasteiger partial charge < -0.3 is 24.2 Å². The molecular formula is C26H31NO6. The van der Waals surface area contributed by atoms with Gasteiger partial charge in [0.1, 0.15) is 17.3 Å². The van der Waals surface area contributed by atoms with Crippen molar-refractivity contribution in [1.29, 1.82) is 0 Å². The van der Waals surface area contributed by atoms with E-state index in [4.69, 9.17) is 14.2 Å². The largest absolute Gasteiger partial charge is 0.507 e. The summed E-state index contributed by atoms with van der Waals surface area (Å²) in [6.07, 6.45) is 0. The number of aliphatic hydroxyl groups excluding tert-OH is 1. The fourth-order valence-electron chi connectivity index (χ4n) is 4.02. The standard InChI is InChI=1S/C26H31NO6/c1-6-33-21-12-9-18(15-20(21)16(2)3)24(28)22-23(17-7-10-19(32-5)11-8-17)27(13-14-31-4)26(30)25(22)29/h7-12,15-16,23,28H,6,13-14H2,1-5H3/b24-22-. The van der Waals surface area contributed by atoms with E-state index >= 15 is 0 Å². The maximum Gasteiger partial charge on any atom is 0.295 e. The number of hydrogen-bond acceptors (Lipinski definition) is 6. The molecule has 0 spiro atoms. The van der Waals surface area contributed by atoms with Crippen LogP contribution in [0, 0.1) is 0 Å². The van der Waals surface area contributed by atoms with E-state index < -0.39 is 17.7 Å². The minimum Gasteiger partial charge on any atom is -0.507 e. The van der Waals surface area contributed by atoms with Crippen molar-refractivity contribution in [2.75, 3.05) is 34.0 Å².